The average Bonchev–Trinajstić information content (AvgIpc) is 2.37. The van der Waals surface area contributed by atoms with Gasteiger partial charge in [-0.25, -0.2) is 0 Å². The van der Waals surface area contributed by atoms with E-state index in [0.29, 0.717) is 26.3 Å². The van der Waals surface area contributed by atoms with Crippen molar-refractivity contribution in [2.75, 3.05) is 31.6 Å². The summed E-state index contributed by atoms with van der Waals surface area (Å²) in [5, 5.41) is 0.772. The van der Waals surface area contributed by atoms with Gasteiger partial charge in [-0.3, -0.25) is 4.79 Å². The lowest BCUT2D eigenvalue weighted by atomic mass is 9.96. The van der Waals surface area contributed by atoms with Crippen molar-refractivity contribution in [2.45, 2.75) is 38.4 Å². The van der Waals surface area contributed by atoms with Crippen molar-refractivity contribution in [1.82, 2.24) is 4.90 Å². The van der Waals surface area contributed by atoms with E-state index < -0.39 is 0 Å². The van der Waals surface area contributed by atoms with Crippen LogP contribution >= 0.6 is 15.9 Å². The summed E-state index contributed by atoms with van der Waals surface area (Å²) < 4.78 is 11.2. The maximum Gasteiger partial charge on any atom is 0.226 e. The van der Waals surface area contributed by atoms with E-state index >= 15 is 0 Å². The van der Waals surface area contributed by atoms with Crippen LogP contribution in [0.1, 0.15) is 26.7 Å². The Hall–Kier alpha value is -0.130. The molecule has 18 heavy (non-hydrogen) atoms. The molecule has 5 heteroatoms. The third-order valence-electron chi connectivity index (χ3n) is 3.54. The molecule has 2 rings (SSSR count). The van der Waals surface area contributed by atoms with Gasteiger partial charge in [0, 0.05) is 37.6 Å². The van der Waals surface area contributed by atoms with Crippen molar-refractivity contribution in [3.05, 3.63) is 0 Å². The molecule has 0 radical (unpaired) electrons. The van der Waals surface area contributed by atoms with E-state index in [4.69, 9.17) is 9.47 Å². The van der Waals surface area contributed by atoms with Gasteiger partial charge in [-0.2, -0.15) is 0 Å². The molecule has 0 bridgehead atoms. The minimum absolute atomic E-state index is 0.0949. The molecule has 1 unspecified atom stereocenters. The first-order chi connectivity index (χ1) is 8.52. The number of hydrogen-bond donors (Lipinski definition) is 0. The van der Waals surface area contributed by atoms with Gasteiger partial charge in [-0.15, -0.1) is 0 Å². The Morgan fingerprint density at radius 1 is 1.39 bits per heavy atom. The fraction of sp³-hybridized carbons (Fsp3) is 0.923. The van der Waals surface area contributed by atoms with Gasteiger partial charge in [-0.1, -0.05) is 15.9 Å². The molecule has 1 atom stereocenters. The maximum absolute atomic E-state index is 12.5. The predicted octanol–water partition coefficient (Wildman–Crippen LogP) is 1.81. The summed E-state index contributed by atoms with van der Waals surface area (Å²) >= 11 is 3.45. The van der Waals surface area contributed by atoms with Gasteiger partial charge in [0.25, 0.3) is 0 Å². The van der Waals surface area contributed by atoms with E-state index in [9.17, 15) is 4.79 Å². The molecule has 0 spiro atoms. The molecule has 0 aromatic rings. The minimum Gasteiger partial charge on any atom is -0.381 e. The summed E-state index contributed by atoms with van der Waals surface area (Å²) in [7, 11) is 0. The lowest BCUT2D eigenvalue weighted by Gasteiger charge is -2.43. The topological polar surface area (TPSA) is 38.8 Å². The van der Waals surface area contributed by atoms with E-state index in [0.717, 1.165) is 18.2 Å². The van der Waals surface area contributed by atoms with Crippen LogP contribution in [0.25, 0.3) is 0 Å². The highest BCUT2D eigenvalue weighted by molar-refractivity contribution is 9.09. The number of morpholine rings is 1. The summed E-state index contributed by atoms with van der Waals surface area (Å²) in [6, 6.07) is 0. The number of amides is 1. The van der Waals surface area contributed by atoms with Crippen molar-refractivity contribution < 1.29 is 14.3 Å². The molecule has 0 aromatic heterocycles. The van der Waals surface area contributed by atoms with Gasteiger partial charge < -0.3 is 14.4 Å². The zero-order valence-corrected chi connectivity index (χ0v) is 12.7. The van der Waals surface area contributed by atoms with E-state index in [2.05, 4.69) is 15.9 Å². The smallest absolute Gasteiger partial charge is 0.226 e. The van der Waals surface area contributed by atoms with Gasteiger partial charge in [0.15, 0.2) is 0 Å². The van der Waals surface area contributed by atoms with Crippen molar-refractivity contribution in [3.63, 3.8) is 0 Å². The first-order valence-corrected chi connectivity index (χ1v) is 7.74. The molecule has 4 nitrogen and oxygen atoms in total. The Kier molecular flexibility index (Phi) is 4.67. The Bertz CT molecular complexity index is 303. The minimum atomic E-state index is -0.252. The van der Waals surface area contributed by atoms with Crippen LogP contribution in [0.2, 0.25) is 0 Å². The molecule has 2 heterocycles. The highest BCUT2D eigenvalue weighted by Gasteiger charge is 2.37. The molecular weight excluding hydrogens is 298 g/mol. The number of hydrogen-bond acceptors (Lipinski definition) is 3. The maximum atomic E-state index is 12.5. The highest BCUT2D eigenvalue weighted by atomic mass is 79.9. The fourth-order valence-electron chi connectivity index (χ4n) is 2.75. The highest BCUT2D eigenvalue weighted by Crippen LogP contribution is 2.25. The molecule has 2 aliphatic rings. The van der Waals surface area contributed by atoms with Crippen LogP contribution in [0.15, 0.2) is 0 Å². The molecule has 104 valence electrons. The number of nitrogens with zero attached hydrogens (tertiary/aromatic N) is 1. The van der Waals surface area contributed by atoms with Crippen LogP contribution in [0.4, 0.5) is 0 Å². The lowest BCUT2D eigenvalue weighted by Crippen LogP contribution is -2.56. The Morgan fingerprint density at radius 2 is 2.06 bits per heavy atom. The zero-order valence-electron chi connectivity index (χ0n) is 11.2. The first kappa shape index (κ1) is 14.3. The van der Waals surface area contributed by atoms with Crippen LogP contribution in [0, 0.1) is 5.92 Å². The Balaban J connectivity index is 1.99. The number of carbonyl (C=O) groups is 1. The fourth-order valence-corrected chi connectivity index (χ4v) is 3.08. The van der Waals surface area contributed by atoms with Crippen LogP contribution in [0.3, 0.4) is 0 Å². The van der Waals surface area contributed by atoms with E-state index in [1.807, 2.05) is 18.7 Å². The first-order valence-electron chi connectivity index (χ1n) is 6.62. The lowest BCUT2D eigenvalue weighted by molar-refractivity contribution is -0.162. The number of halogens is 1. The summed E-state index contributed by atoms with van der Waals surface area (Å²) in [6.45, 7) is 6.91. The SMILES string of the molecule is CC1(C)CN(C(=O)C2CCOCC2)CC(CBr)O1. The molecule has 2 saturated heterocycles. The second-order valence-electron chi connectivity index (χ2n) is 5.76. The summed E-state index contributed by atoms with van der Waals surface area (Å²) in [6.07, 6.45) is 1.81. The largest absolute Gasteiger partial charge is 0.381 e. The average molecular weight is 320 g/mol. The van der Waals surface area contributed by atoms with E-state index in [1.54, 1.807) is 0 Å². The number of alkyl halides is 1. The van der Waals surface area contributed by atoms with Crippen molar-refractivity contribution in [3.8, 4) is 0 Å². The van der Waals surface area contributed by atoms with E-state index in [1.165, 1.54) is 0 Å². The monoisotopic (exact) mass is 319 g/mol. The second kappa shape index (κ2) is 5.88. The Labute approximate surface area is 117 Å². The van der Waals surface area contributed by atoms with Crippen molar-refractivity contribution in [2.24, 2.45) is 5.92 Å². The number of ether oxygens (including phenoxy) is 2. The molecule has 0 saturated carbocycles. The van der Waals surface area contributed by atoms with Crippen molar-refractivity contribution >= 4 is 21.8 Å². The second-order valence-corrected chi connectivity index (χ2v) is 6.41. The van der Waals surface area contributed by atoms with Gasteiger partial charge in [0.05, 0.1) is 11.7 Å². The van der Waals surface area contributed by atoms with Crippen LogP contribution in [-0.2, 0) is 14.3 Å². The van der Waals surface area contributed by atoms with Gasteiger partial charge in [0.2, 0.25) is 5.91 Å². The molecule has 1 amide bonds. The predicted molar refractivity (Wildman–Crippen MR) is 72.9 cm³/mol. The van der Waals surface area contributed by atoms with Gasteiger partial charge in [-0.05, 0) is 26.7 Å². The number of rotatable bonds is 2. The van der Waals surface area contributed by atoms with Gasteiger partial charge in [0.1, 0.15) is 0 Å². The standard InChI is InChI=1S/C13H22BrNO3/c1-13(2)9-15(8-11(7-14)18-13)12(16)10-3-5-17-6-4-10/h10-11H,3-9H2,1-2H3. The molecule has 0 aromatic carbocycles. The number of carbonyl (C=O) groups excluding carboxylic acids is 1. The molecule has 0 aliphatic carbocycles. The van der Waals surface area contributed by atoms with Crippen molar-refractivity contribution in [1.29, 1.82) is 0 Å². The summed E-state index contributed by atoms with van der Waals surface area (Å²) in [5.41, 5.74) is -0.252. The van der Waals surface area contributed by atoms with Crippen LogP contribution < -0.4 is 0 Å². The summed E-state index contributed by atoms with van der Waals surface area (Å²) in [5.74, 6) is 0.421. The third kappa shape index (κ3) is 3.45. The molecule has 2 fully saturated rings. The Morgan fingerprint density at radius 3 is 2.67 bits per heavy atom. The normalized spacial score (nSPS) is 29.3. The summed E-state index contributed by atoms with van der Waals surface area (Å²) in [4.78, 5) is 14.5. The van der Waals surface area contributed by atoms with Crippen LogP contribution in [-0.4, -0.2) is 54.1 Å². The third-order valence-corrected chi connectivity index (χ3v) is 4.26. The zero-order chi connectivity index (χ0) is 13.2. The molecular formula is C13H22BrNO3. The van der Waals surface area contributed by atoms with Crippen LogP contribution in [0.5, 0.6) is 0 Å². The quantitative estimate of drug-likeness (QED) is 0.729. The molecule has 0 N–H and O–H groups in total. The van der Waals surface area contributed by atoms with Gasteiger partial charge >= 0.3 is 0 Å². The molecule has 2 aliphatic heterocycles. The van der Waals surface area contributed by atoms with E-state index in [-0.39, 0.29) is 23.5 Å².